The van der Waals surface area contributed by atoms with E-state index in [0.29, 0.717) is 17.4 Å². The molecule has 0 amide bonds. The first-order valence-corrected chi connectivity index (χ1v) is 21.9. The highest BCUT2D eigenvalue weighted by Crippen LogP contribution is 2.43. The summed E-state index contributed by atoms with van der Waals surface area (Å²) < 4.78 is 34.1. The molecule has 9 nitrogen and oxygen atoms in total. The topological polar surface area (TPSA) is 108 Å². The van der Waals surface area contributed by atoms with Gasteiger partial charge >= 0.3 is 19.8 Å². The van der Waals surface area contributed by atoms with Crippen molar-refractivity contribution in [1.82, 2.24) is 0 Å². The third kappa shape index (κ3) is 36.5. The number of quaternary nitrogens is 1. The summed E-state index contributed by atoms with van der Waals surface area (Å²) in [5.41, 5.74) is 0. The first-order valence-electron chi connectivity index (χ1n) is 20.4. The Morgan fingerprint density at radius 2 is 1.06 bits per heavy atom. The summed E-state index contributed by atoms with van der Waals surface area (Å²) in [6.45, 7) is 4.38. The second-order valence-corrected chi connectivity index (χ2v) is 16.5. The number of allylic oxidation sites excluding steroid dienone is 2. The number of nitrogens with zero attached hydrogens (tertiary/aromatic N) is 1. The van der Waals surface area contributed by atoms with Crippen LogP contribution in [-0.2, 0) is 32.7 Å². The van der Waals surface area contributed by atoms with Crippen LogP contribution in [0.5, 0.6) is 0 Å². The quantitative estimate of drug-likeness (QED) is 0.0221. The molecule has 0 radical (unpaired) electrons. The number of ether oxygens (including phenoxy) is 2. The number of rotatable bonds is 37. The number of hydrogen-bond acceptors (Lipinski definition) is 7. The van der Waals surface area contributed by atoms with Gasteiger partial charge in [-0.1, -0.05) is 154 Å². The highest BCUT2D eigenvalue weighted by Gasteiger charge is 2.27. The van der Waals surface area contributed by atoms with Crippen molar-refractivity contribution >= 4 is 19.8 Å². The Balaban J connectivity index is 4.43. The molecule has 2 unspecified atom stereocenters. The Morgan fingerprint density at radius 3 is 1.56 bits per heavy atom. The molecular formula is C40H79NO8P+. The van der Waals surface area contributed by atoms with Crippen LogP contribution in [0.3, 0.4) is 0 Å². The Bertz CT molecular complexity index is 876. The van der Waals surface area contributed by atoms with Crippen molar-refractivity contribution in [3.05, 3.63) is 12.2 Å². The Hall–Kier alpha value is -1.25. The minimum absolute atomic E-state index is 0.0290. The van der Waals surface area contributed by atoms with Crippen molar-refractivity contribution < 1.29 is 42.1 Å². The summed E-state index contributed by atoms with van der Waals surface area (Å²) in [5, 5.41) is 0. The third-order valence-electron chi connectivity index (χ3n) is 8.81. The first kappa shape index (κ1) is 48.8. The molecule has 0 fully saturated rings. The molecule has 10 heteroatoms. The maximum absolute atomic E-state index is 12.6. The van der Waals surface area contributed by atoms with Gasteiger partial charge in [0.25, 0.3) is 0 Å². The fraction of sp³-hybridized carbons (Fsp3) is 0.900. The molecule has 0 aliphatic carbocycles. The fourth-order valence-corrected chi connectivity index (χ4v) is 6.30. The molecule has 0 aromatic carbocycles. The number of likely N-dealkylation sites (N-methyl/N-ethyl adjacent to an activating group) is 1. The predicted octanol–water partition coefficient (Wildman–Crippen LogP) is 11.0. The van der Waals surface area contributed by atoms with Crippen LogP contribution in [0.15, 0.2) is 12.2 Å². The second kappa shape index (κ2) is 33.6. The van der Waals surface area contributed by atoms with Crippen molar-refractivity contribution in [1.29, 1.82) is 0 Å². The zero-order valence-corrected chi connectivity index (χ0v) is 34.0. The average Bonchev–Trinajstić information content (AvgIpc) is 3.06. The third-order valence-corrected chi connectivity index (χ3v) is 9.79. The predicted molar refractivity (Wildman–Crippen MR) is 206 cm³/mol. The molecule has 1 N–H and O–H groups in total. The number of esters is 2. The van der Waals surface area contributed by atoms with Crippen LogP contribution in [0.2, 0.25) is 0 Å². The van der Waals surface area contributed by atoms with Gasteiger partial charge in [-0.3, -0.25) is 18.6 Å². The lowest BCUT2D eigenvalue weighted by atomic mass is 10.0. The van der Waals surface area contributed by atoms with E-state index in [0.717, 1.165) is 32.1 Å². The summed E-state index contributed by atoms with van der Waals surface area (Å²) in [6, 6.07) is 0. The summed E-state index contributed by atoms with van der Waals surface area (Å²) in [4.78, 5) is 35.2. The largest absolute Gasteiger partial charge is 0.472 e. The van der Waals surface area contributed by atoms with E-state index in [-0.39, 0.29) is 32.0 Å². The Morgan fingerprint density at radius 1 is 0.600 bits per heavy atom. The highest BCUT2D eigenvalue weighted by atomic mass is 31.2. The number of unbranched alkanes of at least 4 members (excludes halogenated alkanes) is 21. The number of hydrogen-bond donors (Lipinski definition) is 1. The first-order chi connectivity index (χ1) is 24.0. The Kier molecular flexibility index (Phi) is 32.7. The van der Waals surface area contributed by atoms with Gasteiger partial charge in [0.15, 0.2) is 6.10 Å². The summed E-state index contributed by atoms with van der Waals surface area (Å²) in [5.74, 6) is -0.850. The number of phosphoric ester groups is 1. The maximum atomic E-state index is 12.6. The van der Waals surface area contributed by atoms with Crippen molar-refractivity contribution in [3.8, 4) is 0 Å². The van der Waals surface area contributed by atoms with Crippen LogP contribution in [-0.4, -0.2) is 74.9 Å². The molecule has 0 heterocycles. The van der Waals surface area contributed by atoms with Crippen molar-refractivity contribution in [2.24, 2.45) is 0 Å². The minimum Gasteiger partial charge on any atom is -0.462 e. The molecule has 0 spiro atoms. The van der Waals surface area contributed by atoms with Crippen LogP contribution in [0.4, 0.5) is 0 Å². The molecule has 50 heavy (non-hydrogen) atoms. The van der Waals surface area contributed by atoms with Crippen LogP contribution in [0.25, 0.3) is 0 Å². The smallest absolute Gasteiger partial charge is 0.462 e. The molecular weight excluding hydrogens is 653 g/mol. The SMILES string of the molecule is CCCCCCCCCCC/C=C\CCC(=O)OC(COC(=O)CCCCCCCCCCCCCCC)COP(=O)(O)OCC[N+](C)(C)C. The lowest BCUT2D eigenvalue weighted by molar-refractivity contribution is -0.870. The van der Waals surface area contributed by atoms with Crippen molar-refractivity contribution in [2.45, 2.75) is 187 Å². The van der Waals surface area contributed by atoms with Gasteiger partial charge in [-0.25, -0.2) is 4.57 Å². The lowest BCUT2D eigenvalue weighted by Gasteiger charge is -2.24. The summed E-state index contributed by atoms with van der Waals surface area (Å²) >= 11 is 0. The fourth-order valence-electron chi connectivity index (χ4n) is 5.56. The van der Waals surface area contributed by atoms with E-state index < -0.39 is 26.5 Å². The molecule has 0 aromatic heterocycles. The normalized spacial score (nSPS) is 13.8. The summed E-state index contributed by atoms with van der Waals surface area (Å²) in [7, 11) is 1.46. The van der Waals surface area contributed by atoms with Crippen LogP contribution in [0, 0.1) is 0 Å². The van der Waals surface area contributed by atoms with Crippen LogP contribution in [0.1, 0.15) is 181 Å². The van der Waals surface area contributed by atoms with Crippen molar-refractivity contribution in [2.75, 3.05) is 47.5 Å². The van der Waals surface area contributed by atoms with E-state index in [4.69, 9.17) is 18.5 Å². The van der Waals surface area contributed by atoms with E-state index in [9.17, 15) is 19.0 Å². The lowest BCUT2D eigenvalue weighted by Crippen LogP contribution is -2.37. The summed E-state index contributed by atoms with van der Waals surface area (Å²) in [6.07, 6.45) is 32.7. The molecule has 0 bridgehead atoms. The second-order valence-electron chi connectivity index (χ2n) is 15.0. The van der Waals surface area contributed by atoms with E-state index in [1.54, 1.807) is 0 Å². The zero-order chi connectivity index (χ0) is 37.2. The van der Waals surface area contributed by atoms with Gasteiger partial charge < -0.3 is 18.9 Å². The van der Waals surface area contributed by atoms with Gasteiger partial charge in [-0.15, -0.1) is 0 Å². The van der Waals surface area contributed by atoms with E-state index in [2.05, 4.69) is 19.9 Å². The number of carbonyl (C=O) groups is 2. The zero-order valence-electron chi connectivity index (χ0n) is 33.1. The van der Waals surface area contributed by atoms with Gasteiger partial charge in [0.2, 0.25) is 0 Å². The van der Waals surface area contributed by atoms with Gasteiger partial charge in [-0.05, 0) is 25.7 Å². The average molecular weight is 733 g/mol. The number of phosphoric acid groups is 1. The van der Waals surface area contributed by atoms with Gasteiger partial charge in [-0.2, -0.15) is 0 Å². The number of carbonyl (C=O) groups excluding carboxylic acids is 2. The van der Waals surface area contributed by atoms with E-state index in [1.165, 1.54) is 116 Å². The molecule has 0 aromatic rings. The molecule has 296 valence electrons. The monoisotopic (exact) mass is 733 g/mol. The molecule has 0 aliphatic heterocycles. The van der Waals surface area contributed by atoms with E-state index in [1.807, 2.05) is 27.2 Å². The molecule has 0 rings (SSSR count). The molecule has 0 saturated carbocycles. The molecule has 0 aliphatic rings. The standard InChI is InChI=1S/C40H78NO8P/c1-6-8-10-12-14-16-18-20-22-24-26-28-30-32-39(42)46-36-38(37-48-50(44,45)47-35-34-41(3,4)5)49-40(43)33-31-29-27-25-23-21-19-17-15-13-11-9-7-2/h27,29,38H,6-26,28,30-37H2,1-5H3/p+1/b29-27-. The van der Waals surface area contributed by atoms with E-state index >= 15 is 0 Å². The van der Waals surface area contributed by atoms with Crippen molar-refractivity contribution in [3.63, 3.8) is 0 Å². The van der Waals surface area contributed by atoms with Gasteiger partial charge in [0, 0.05) is 12.8 Å². The van der Waals surface area contributed by atoms with Gasteiger partial charge in [0.05, 0.1) is 27.7 Å². The van der Waals surface area contributed by atoms with Gasteiger partial charge in [0.1, 0.15) is 19.8 Å². The minimum atomic E-state index is -4.37. The maximum Gasteiger partial charge on any atom is 0.472 e. The molecule has 0 saturated heterocycles. The Labute approximate surface area is 307 Å². The van der Waals surface area contributed by atoms with Crippen LogP contribution >= 0.6 is 7.82 Å². The van der Waals surface area contributed by atoms with Crippen LogP contribution < -0.4 is 0 Å². The molecule has 2 atom stereocenters. The highest BCUT2D eigenvalue weighted by molar-refractivity contribution is 7.47.